The average Bonchev–Trinajstić information content (AvgIpc) is 2.70. The Kier molecular flexibility index (Phi) is 6.69. The van der Waals surface area contributed by atoms with Gasteiger partial charge in [-0.2, -0.15) is 4.72 Å². The van der Waals surface area contributed by atoms with Gasteiger partial charge in [0.25, 0.3) is 0 Å². The molecule has 0 aromatic heterocycles. The van der Waals surface area contributed by atoms with Gasteiger partial charge in [-0.15, -0.1) is 0 Å². The lowest BCUT2D eigenvalue weighted by molar-refractivity contribution is -0.117. The smallest absolute Gasteiger partial charge is 0.242 e. The van der Waals surface area contributed by atoms with Crippen LogP contribution in [0.4, 0.5) is 5.69 Å². The molecule has 3 rings (SSSR count). The minimum atomic E-state index is -3.91. The first-order chi connectivity index (χ1) is 13.8. The zero-order valence-corrected chi connectivity index (χ0v) is 17.4. The maximum Gasteiger partial charge on any atom is 0.242 e. The molecular weight excluding hydrogens is 408 g/mol. The lowest BCUT2D eigenvalue weighted by Crippen LogP contribution is -2.45. The average molecular weight is 429 g/mol. The number of benzene rings is 3. The molecule has 0 unspecified atom stereocenters. The van der Waals surface area contributed by atoms with Gasteiger partial charge < -0.3 is 5.32 Å². The van der Waals surface area contributed by atoms with E-state index in [1.165, 1.54) is 24.3 Å². The van der Waals surface area contributed by atoms with E-state index in [1.807, 2.05) is 49.4 Å². The second-order valence-electron chi connectivity index (χ2n) is 6.67. The van der Waals surface area contributed by atoms with Crippen molar-refractivity contribution in [1.29, 1.82) is 0 Å². The third-order valence-corrected chi connectivity index (χ3v) is 6.08. The Hall–Kier alpha value is -2.67. The molecule has 1 amide bonds. The molecule has 2 N–H and O–H groups in total. The van der Waals surface area contributed by atoms with Crippen molar-refractivity contribution in [1.82, 2.24) is 4.72 Å². The molecule has 29 heavy (non-hydrogen) atoms. The monoisotopic (exact) mass is 428 g/mol. The highest BCUT2D eigenvalue weighted by Crippen LogP contribution is 2.16. The zero-order chi connectivity index (χ0) is 20.9. The number of hydrogen-bond donors (Lipinski definition) is 2. The highest BCUT2D eigenvalue weighted by molar-refractivity contribution is 7.89. The van der Waals surface area contributed by atoms with Crippen molar-refractivity contribution in [2.24, 2.45) is 0 Å². The molecule has 0 radical (unpaired) electrons. The number of carbonyl (C=O) groups excluding carboxylic acids is 1. The summed E-state index contributed by atoms with van der Waals surface area (Å²) in [5.41, 5.74) is 2.51. The second kappa shape index (κ2) is 9.22. The summed E-state index contributed by atoms with van der Waals surface area (Å²) in [6.45, 7) is 1.95. The summed E-state index contributed by atoms with van der Waals surface area (Å²) in [5, 5.41) is 3.22. The molecule has 0 saturated carbocycles. The van der Waals surface area contributed by atoms with Crippen LogP contribution in [0.25, 0.3) is 0 Å². The molecule has 0 aliphatic rings. The Morgan fingerprint density at radius 2 is 1.55 bits per heavy atom. The predicted octanol–water partition coefficient (Wildman–Crippen LogP) is 4.18. The van der Waals surface area contributed by atoms with Crippen molar-refractivity contribution in [3.63, 3.8) is 0 Å². The van der Waals surface area contributed by atoms with Crippen molar-refractivity contribution >= 4 is 33.2 Å². The van der Waals surface area contributed by atoms with Gasteiger partial charge in [0.2, 0.25) is 15.9 Å². The van der Waals surface area contributed by atoms with Crippen LogP contribution in [0, 0.1) is 6.92 Å². The summed E-state index contributed by atoms with van der Waals surface area (Å²) >= 11 is 5.85. The lowest BCUT2D eigenvalue weighted by atomic mass is 10.1. The molecule has 1 atom stereocenters. The number of carbonyl (C=O) groups is 1. The third-order valence-electron chi connectivity index (χ3n) is 4.34. The van der Waals surface area contributed by atoms with Crippen molar-refractivity contribution in [2.75, 3.05) is 5.32 Å². The number of sulfonamides is 1. The van der Waals surface area contributed by atoms with Crippen molar-refractivity contribution < 1.29 is 13.2 Å². The number of amides is 1. The first-order valence-electron chi connectivity index (χ1n) is 9.03. The summed E-state index contributed by atoms with van der Waals surface area (Å²) in [5.74, 6) is -0.435. The quantitative estimate of drug-likeness (QED) is 0.592. The van der Waals surface area contributed by atoms with Crippen LogP contribution < -0.4 is 10.0 Å². The third kappa shape index (κ3) is 5.90. The minimum Gasteiger partial charge on any atom is -0.325 e. The van der Waals surface area contributed by atoms with Crippen molar-refractivity contribution in [3.8, 4) is 0 Å². The number of nitrogens with one attached hydrogen (secondary N) is 2. The highest BCUT2D eigenvalue weighted by atomic mass is 35.5. The van der Waals surface area contributed by atoms with Gasteiger partial charge in [0.1, 0.15) is 6.04 Å². The van der Waals surface area contributed by atoms with Crippen LogP contribution in [0.2, 0.25) is 5.02 Å². The van der Waals surface area contributed by atoms with E-state index < -0.39 is 22.0 Å². The topological polar surface area (TPSA) is 75.3 Å². The fourth-order valence-corrected chi connectivity index (χ4v) is 4.09. The van der Waals surface area contributed by atoms with Crippen LogP contribution in [0.3, 0.4) is 0 Å². The Balaban J connectivity index is 1.84. The molecule has 0 aliphatic heterocycles. The van der Waals surface area contributed by atoms with Crippen LogP contribution in [0.1, 0.15) is 11.1 Å². The van der Waals surface area contributed by atoms with Gasteiger partial charge in [-0.3, -0.25) is 4.79 Å². The van der Waals surface area contributed by atoms with E-state index in [-0.39, 0.29) is 11.3 Å². The molecule has 5 nitrogen and oxygen atoms in total. The lowest BCUT2D eigenvalue weighted by Gasteiger charge is -2.19. The van der Waals surface area contributed by atoms with Gasteiger partial charge in [0, 0.05) is 10.7 Å². The first-order valence-corrected chi connectivity index (χ1v) is 10.9. The van der Waals surface area contributed by atoms with E-state index in [4.69, 9.17) is 11.6 Å². The number of halogens is 1. The maximum atomic E-state index is 12.9. The van der Waals surface area contributed by atoms with Crippen LogP contribution >= 0.6 is 11.6 Å². The van der Waals surface area contributed by atoms with Gasteiger partial charge in [-0.1, -0.05) is 59.6 Å². The number of hydrogen-bond acceptors (Lipinski definition) is 3. The molecule has 7 heteroatoms. The summed E-state index contributed by atoms with van der Waals surface area (Å²) in [7, 11) is -3.91. The number of anilines is 1. The molecule has 0 heterocycles. The van der Waals surface area contributed by atoms with Crippen LogP contribution in [-0.4, -0.2) is 20.4 Å². The fraction of sp³-hybridized carbons (Fsp3) is 0.136. The van der Waals surface area contributed by atoms with Crippen LogP contribution in [0.5, 0.6) is 0 Å². The summed E-state index contributed by atoms with van der Waals surface area (Å²) in [6, 6.07) is 21.4. The summed E-state index contributed by atoms with van der Waals surface area (Å²) in [4.78, 5) is 13.0. The first kappa shape index (κ1) is 21.0. The van der Waals surface area contributed by atoms with Gasteiger partial charge in [-0.05, 0) is 55.3 Å². The molecule has 150 valence electrons. The van der Waals surface area contributed by atoms with Crippen LogP contribution in [-0.2, 0) is 21.2 Å². The van der Waals surface area contributed by atoms with Gasteiger partial charge >= 0.3 is 0 Å². The van der Waals surface area contributed by atoms with E-state index in [2.05, 4.69) is 10.0 Å². The molecule has 3 aromatic rings. The van der Waals surface area contributed by atoms with E-state index >= 15 is 0 Å². The Morgan fingerprint density at radius 3 is 2.17 bits per heavy atom. The second-order valence-corrected chi connectivity index (χ2v) is 8.82. The Labute approximate surface area is 175 Å². The minimum absolute atomic E-state index is 0.0445. The van der Waals surface area contributed by atoms with E-state index in [0.717, 1.165) is 11.1 Å². The van der Waals surface area contributed by atoms with Crippen molar-refractivity contribution in [2.45, 2.75) is 24.3 Å². The molecule has 0 fully saturated rings. The Bertz CT molecular complexity index is 1070. The van der Waals surface area contributed by atoms with E-state index in [1.54, 1.807) is 12.1 Å². The zero-order valence-electron chi connectivity index (χ0n) is 15.8. The largest absolute Gasteiger partial charge is 0.325 e. The Morgan fingerprint density at radius 1 is 0.931 bits per heavy atom. The standard InChI is InChI=1S/C22H21ClN2O3S/c1-16-7-11-19(12-8-16)24-22(26)21(15-17-5-3-2-4-6-17)25-29(27,28)20-13-9-18(23)10-14-20/h2-14,21,25H,15H2,1H3,(H,24,26)/t21-/m0/s1. The summed E-state index contributed by atoms with van der Waals surface area (Å²) < 4.78 is 28.1. The molecule has 3 aromatic carbocycles. The SMILES string of the molecule is Cc1ccc(NC(=O)[C@H](Cc2ccccc2)NS(=O)(=O)c2ccc(Cl)cc2)cc1. The number of rotatable bonds is 7. The predicted molar refractivity (Wildman–Crippen MR) is 116 cm³/mol. The van der Waals surface area contributed by atoms with Gasteiger partial charge in [0.05, 0.1) is 4.90 Å². The summed E-state index contributed by atoms with van der Waals surface area (Å²) in [6.07, 6.45) is 0.214. The van der Waals surface area contributed by atoms with E-state index in [9.17, 15) is 13.2 Å². The van der Waals surface area contributed by atoms with Crippen molar-refractivity contribution in [3.05, 3.63) is 95.0 Å². The van der Waals surface area contributed by atoms with Crippen LogP contribution in [0.15, 0.2) is 83.8 Å². The van der Waals surface area contributed by atoms with Gasteiger partial charge in [0.15, 0.2) is 0 Å². The highest BCUT2D eigenvalue weighted by Gasteiger charge is 2.26. The molecule has 0 aliphatic carbocycles. The number of aryl methyl sites for hydroxylation is 1. The van der Waals surface area contributed by atoms with E-state index in [0.29, 0.717) is 10.7 Å². The molecule has 0 spiro atoms. The fourth-order valence-electron chi connectivity index (χ4n) is 2.77. The van der Waals surface area contributed by atoms with Gasteiger partial charge in [-0.25, -0.2) is 8.42 Å². The normalized spacial score (nSPS) is 12.3. The maximum absolute atomic E-state index is 12.9. The molecule has 0 bridgehead atoms. The molecular formula is C22H21ClN2O3S. The molecule has 0 saturated heterocycles.